The van der Waals surface area contributed by atoms with Crippen molar-refractivity contribution in [1.29, 1.82) is 0 Å². The SMILES string of the molecule is Clc1ccc(C#C[Se+](c2ccccc2)c2ccccc2)cc1.O=S(=O)([O-])C(F)(F)F. The van der Waals surface area contributed by atoms with Gasteiger partial charge in [-0.2, -0.15) is 13.2 Å². The molecule has 0 saturated carbocycles. The minimum absolute atomic E-state index is 0.740. The minimum atomic E-state index is -6.09. The first-order valence-corrected chi connectivity index (χ1v) is 12.6. The topological polar surface area (TPSA) is 57.2 Å². The Kier molecular flexibility index (Phi) is 8.53. The van der Waals surface area contributed by atoms with E-state index in [0.717, 1.165) is 10.6 Å². The van der Waals surface area contributed by atoms with Crippen molar-refractivity contribution in [3.05, 3.63) is 95.5 Å². The molecule has 0 spiro atoms. The maximum Gasteiger partial charge on any atom is 0.485 e. The van der Waals surface area contributed by atoms with Crippen molar-refractivity contribution in [2.45, 2.75) is 5.51 Å². The second kappa shape index (κ2) is 10.7. The van der Waals surface area contributed by atoms with E-state index in [1.54, 1.807) is 0 Å². The van der Waals surface area contributed by atoms with Crippen LogP contribution in [0.15, 0.2) is 84.9 Å². The second-order valence-electron chi connectivity index (χ2n) is 5.57. The maximum absolute atomic E-state index is 10.7. The van der Waals surface area contributed by atoms with E-state index in [1.165, 1.54) is 8.92 Å². The van der Waals surface area contributed by atoms with Gasteiger partial charge < -0.3 is 4.55 Å². The molecular formula is C21H14ClF3O3SSe. The van der Waals surface area contributed by atoms with E-state index in [4.69, 9.17) is 24.6 Å². The zero-order valence-electron chi connectivity index (χ0n) is 15.1. The molecule has 0 amide bonds. The molecule has 0 saturated heterocycles. The molecule has 0 aromatic heterocycles. The average molecular weight is 518 g/mol. The van der Waals surface area contributed by atoms with E-state index in [0.29, 0.717) is 0 Å². The number of rotatable bonds is 2. The van der Waals surface area contributed by atoms with E-state index in [9.17, 15) is 13.2 Å². The van der Waals surface area contributed by atoms with Crippen molar-refractivity contribution >= 4 is 44.5 Å². The zero-order chi connectivity index (χ0) is 22.2. The molecule has 3 aromatic rings. The Labute approximate surface area is 182 Å². The average Bonchev–Trinajstić information content (AvgIpc) is 2.70. The largest absolute Gasteiger partial charge is 0.741 e. The standard InChI is InChI=1S/C20H14ClSe.CHF3O3S/c21-18-13-11-17(12-14-18)15-16-22(19-7-3-1-4-8-19)20-9-5-2-6-10-20;2-1(3,4)8(5,6)7/h1-14H;(H,5,6,7)/q+1;/p-1. The summed E-state index contributed by atoms with van der Waals surface area (Å²) in [5.74, 6) is 3.32. The first kappa shape index (κ1) is 24.0. The monoisotopic (exact) mass is 518 g/mol. The van der Waals surface area contributed by atoms with Crippen LogP contribution in [0.5, 0.6) is 0 Å². The van der Waals surface area contributed by atoms with Gasteiger partial charge in [0.05, 0.1) is 0 Å². The Morgan fingerprint density at radius 3 is 1.57 bits per heavy atom. The van der Waals surface area contributed by atoms with Gasteiger partial charge in [-0.1, -0.05) is 0 Å². The molecule has 3 aromatic carbocycles. The van der Waals surface area contributed by atoms with E-state index >= 15 is 0 Å². The Morgan fingerprint density at radius 1 is 0.800 bits per heavy atom. The summed E-state index contributed by atoms with van der Waals surface area (Å²) in [6, 6.07) is 28.8. The third-order valence-corrected chi connectivity index (χ3v) is 7.96. The molecule has 0 heterocycles. The molecule has 0 aliphatic rings. The predicted octanol–water partition coefficient (Wildman–Crippen LogP) is 3.59. The summed E-state index contributed by atoms with van der Waals surface area (Å²) in [7, 11) is -6.09. The molecule has 9 heteroatoms. The van der Waals surface area contributed by atoms with Crippen LogP contribution in [0.4, 0.5) is 13.2 Å². The fourth-order valence-corrected chi connectivity index (χ4v) is 5.46. The third-order valence-electron chi connectivity index (χ3n) is 3.38. The summed E-state index contributed by atoms with van der Waals surface area (Å²) in [4.78, 5) is 3.52. The fraction of sp³-hybridized carbons (Fsp3) is 0.0476. The molecule has 3 rings (SSSR count). The smallest absolute Gasteiger partial charge is 0.485 e. The van der Waals surface area contributed by atoms with Crippen LogP contribution < -0.4 is 8.92 Å². The van der Waals surface area contributed by atoms with Crippen molar-refractivity contribution in [1.82, 2.24) is 0 Å². The van der Waals surface area contributed by atoms with E-state index in [-0.39, 0.29) is 0 Å². The van der Waals surface area contributed by atoms with Gasteiger partial charge in [-0.05, 0) is 0 Å². The Balaban J connectivity index is 0.000000343. The van der Waals surface area contributed by atoms with Gasteiger partial charge >= 0.3 is 146 Å². The van der Waals surface area contributed by atoms with Gasteiger partial charge in [-0.25, -0.2) is 8.42 Å². The maximum atomic E-state index is 10.7. The molecule has 0 atom stereocenters. The normalized spacial score (nSPS) is 11.1. The summed E-state index contributed by atoms with van der Waals surface area (Å²) < 4.78 is 61.6. The molecule has 0 radical (unpaired) electrons. The molecule has 0 bridgehead atoms. The van der Waals surface area contributed by atoms with Crippen molar-refractivity contribution in [3.63, 3.8) is 0 Å². The molecule has 0 unspecified atom stereocenters. The minimum Gasteiger partial charge on any atom is -0.741 e. The summed E-state index contributed by atoms with van der Waals surface area (Å²) in [5.41, 5.74) is -4.64. The molecule has 30 heavy (non-hydrogen) atoms. The van der Waals surface area contributed by atoms with E-state index in [1.807, 2.05) is 36.4 Å². The molecule has 0 fully saturated rings. The molecule has 156 valence electrons. The number of alkyl halides is 3. The molecule has 0 N–H and O–H groups in total. The van der Waals surface area contributed by atoms with Crippen LogP contribution in [-0.4, -0.2) is 32.4 Å². The molecule has 3 nitrogen and oxygen atoms in total. The molecular weight excluding hydrogens is 504 g/mol. The number of hydrogen-bond donors (Lipinski definition) is 0. The van der Waals surface area contributed by atoms with Crippen molar-refractivity contribution in [2.24, 2.45) is 0 Å². The second-order valence-corrected chi connectivity index (χ2v) is 11.1. The fourth-order valence-electron chi connectivity index (χ4n) is 2.01. The van der Waals surface area contributed by atoms with E-state index < -0.39 is 29.5 Å². The summed E-state index contributed by atoms with van der Waals surface area (Å²) >= 11 is 4.56. The van der Waals surface area contributed by atoms with Crippen LogP contribution in [0.2, 0.25) is 5.02 Å². The van der Waals surface area contributed by atoms with Crippen molar-refractivity contribution < 1.29 is 26.1 Å². The first-order chi connectivity index (χ1) is 14.1. The van der Waals surface area contributed by atoms with Gasteiger partial charge in [0.2, 0.25) is 0 Å². The van der Waals surface area contributed by atoms with Crippen LogP contribution in [0.3, 0.4) is 0 Å². The van der Waals surface area contributed by atoms with Crippen molar-refractivity contribution in [3.8, 4) is 10.7 Å². The zero-order valence-corrected chi connectivity index (χ0v) is 18.4. The first-order valence-electron chi connectivity index (χ1n) is 8.22. The quantitative estimate of drug-likeness (QED) is 0.226. The summed E-state index contributed by atoms with van der Waals surface area (Å²) in [5, 5.41) is 0.740. The van der Waals surface area contributed by atoms with Gasteiger partial charge in [0.1, 0.15) is 0 Å². The Hall–Kier alpha value is -2.27. The molecule has 0 aliphatic heterocycles. The third kappa shape index (κ3) is 7.52. The van der Waals surface area contributed by atoms with E-state index in [2.05, 4.69) is 59.3 Å². The van der Waals surface area contributed by atoms with Crippen LogP contribution in [0.1, 0.15) is 5.56 Å². The van der Waals surface area contributed by atoms with Gasteiger partial charge in [-0.3, -0.25) is 0 Å². The van der Waals surface area contributed by atoms with Crippen LogP contribution in [0, 0.1) is 10.7 Å². The Bertz CT molecular complexity index is 1070. The van der Waals surface area contributed by atoms with Gasteiger partial charge in [0.25, 0.3) is 0 Å². The predicted molar refractivity (Wildman–Crippen MR) is 112 cm³/mol. The summed E-state index contributed by atoms with van der Waals surface area (Å²) in [6.45, 7) is 0. The number of benzene rings is 3. The van der Waals surface area contributed by atoms with Crippen molar-refractivity contribution in [2.75, 3.05) is 0 Å². The number of halogens is 4. The summed E-state index contributed by atoms with van der Waals surface area (Å²) in [6.07, 6.45) is 0. The van der Waals surface area contributed by atoms with Gasteiger partial charge in [-0.15, -0.1) is 0 Å². The van der Waals surface area contributed by atoms with Crippen LogP contribution >= 0.6 is 11.6 Å². The molecule has 0 aliphatic carbocycles. The van der Waals surface area contributed by atoms with Gasteiger partial charge in [0.15, 0.2) is 10.1 Å². The van der Waals surface area contributed by atoms with Crippen LogP contribution in [0.25, 0.3) is 0 Å². The van der Waals surface area contributed by atoms with Crippen LogP contribution in [-0.2, 0) is 10.1 Å². The number of hydrogen-bond acceptors (Lipinski definition) is 3. The Morgan fingerprint density at radius 2 is 1.20 bits per heavy atom. The van der Waals surface area contributed by atoms with Gasteiger partial charge in [0, 0.05) is 0 Å².